The molecule has 1 aromatic carbocycles. The van der Waals surface area contributed by atoms with E-state index in [1.807, 2.05) is 6.92 Å². The first-order valence-corrected chi connectivity index (χ1v) is 7.94. The van der Waals surface area contributed by atoms with Gasteiger partial charge in [-0.1, -0.05) is 18.6 Å². The zero-order valence-electron chi connectivity index (χ0n) is 14.1. The maximum atomic E-state index is 13.9. The molecule has 7 heteroatoms. The summed E-state index contributed by atoms with van der Waals surface area (Å²) in [5.74, 6) is -11.6. The second kappa shape index (κ2) is 7.54. The van der Waals surface area contributed by atoms with Crippen LogP contribution in [0.3, 0.4) is 0 Å². The van der Waals surface area contributed by atoms with E-state index in [0.29, 0.717) is 12.8 Å². The van der Waals surface area contributed by atoms with Crippen LogP contribution >= 0.6 is 0 Å². The summed E-state index contributed by atoms with van der Waals surface area (Å²) in [6.45, 7) is 3.49. The molecule has 0 saturated heterocycles. The highest BCUT2D eigenvalue weighted by molar-refractivity contribution is 5.75. The number of carbonyl (C=O) groups is 1. The Morgan fingerprint density at radius 3 is 2.16 bits per heavy atom. The molecule has 1 aromatic rings. The summed E-state index contributed by atoms with van der Waals surface area (Å²) in [6, 6.07) is 0. The number of hydrogen-bond donors (Lipinski definition) is 0. The number of esters is 1. The van der Waals surface area contributed by atoms with Gasteiger partial charge in [0.2, 0.25) is 5.82 Å². The van der Waals surface area contributed by atoms with E-state index in [1.165, 1.54) is 7.11 Å². The van der Waals surface area contributed by atoms with Crippen LogP contribution in [0.25, 0.3) is 0 Å². The lowest BCUT2D eigenvalue weighted by molar-refractivity contribution is -0.146. The third kappa shape index (κ3) is 3.70. The standard InChI is InChI=1S/C18H19F5O2/c1-8-4-5-10(11(6-8)18(24)25-3)9(2)7-12-13(19)15(21)17(23)16(22)14(12)20/h6,9-11H,4-5,7H2,1-3H3/t9-,10-,11+/m0/s1. The van der Waals surface area contributed by atoms with E-state index in [-0.39, 0.29) is 12.3 Å². The largest absolute Gasteiger partial charge is 0.469 e. The maximum Gasteiger partial charge on any atom is 0.312 e. The summed E-state index contributed by atoms with van der Waals surface area (Å²) in [4.78, 5) is 12.0. The topological polar surface area (TPSA) is 26.3 Å². The van der Waals surface area contributed by atoms with Crippen molar-refractivity contribution >= 4 is 5.97 Å². The SMILES string of the molecule is COC(=O)[C@@H]1C=C(C)CC[C@H]1[C@@H](C)Cc1c(F)c(F)c(F)c(F)c1F. The van der Waals surface area contributed by atoms with Crippen LogP contribution in [0.1, 0.15) is 32.3 Å². The zero-order valence-corrected chi connectivity index (χ0v) is 14.1. The van der Waals surface area contributed by atoms with Gasteiger partial charge in [0, 0.05) is 5.56 Å². The Morgan fingerprint density at radius 1 is 1.12 bits per heavy atom. The van der Waals surface area contributed by atoms with Crippen molar-refractivity contribution in [3.8, 4) is 0 Å². The van der Waals surface area contributed by atoms with Crippen LogP contribution in [-0.4, -0.2) is 13.1 Å². The van der Waals surface area contributed by atoms with Gasteiger partial charge in [0.15, 0.2) is 23.3 Å². The molecule has 0 spiro atoms. The number of methoxy groups -OCH3 is 1. The molecule has 25 heavy (non-hydrogen) atoms. The average molecular weight is 362 g/mol. The molecule has 3 atom stereocenters. The van der Waals surface area contributed by atoms with E-state index < -0.39 is 52.5 Å². The Kier molecular flexibility index (Phi) is 5.85. The fourth-order valence-corrected chi connectivity index (χ4v) is 3.41. The van der Waals surface area contributed by atoms with E-state index in [0.717, 1.165) is 5.57 Å². The minimum Gasteiger partial charge on any atom is -0.469 e. The van der Waals surface area contributed by atoms with Gasteiger partial charge in [-0.2, -0.15) is 0 Å². The Hall–Kier alpha value is -1.92. The van der Waals surface area contributed by atoms with E-state index in [9.17, 15) is 26.7 Å². The monoisotopic (exact) mass is 362 g/mol. The molecule has 0 fully saturated rings. The molecule has 0 bridgehead atoms. The number of hydrogen-bond acceptors (Lipinski definition) is 2. The fraction of sp³-hybridized carbons (Fsp3) is 0.500. The first kappa shape index (κ1) is 19.4. The predicted octanol–water partition coefficient (Wildman–Crippen LogP) is 4.71. The number of halogens is 5. The molecule has 0 amide bonds. The lowest BCUT2D eigenvalue weighted by Crippen LogP contribution is -2.32. The van der Waals surface area contributed by atoms with E-state index in [4.69, 9.17) is 4.74 Å². The lowest BCUT2D eigenvalue weighted by atomic mass is 9.72. The number of allylic oxidation sites excluding steroid dienone is 1. The van der Waals surface area contributed by atoms with Crippen LogP contribution in [0, 0.1) is 46.8 Å². The van der Waals surface area contributed by atoms with Gasteiger partial charge in [-0.05, 0) is 38.0 Å². The quantitative estimate of drug-likeness (QED) is 0.255. The van der Waals surface area contributed by atoms with Crippen molar-refractivity contribution in [2.45, 2.75) is 33.1 Å². The van der Waals surface area contributed by atoms with Gasteiger partial charge in [0.25, 0.3) is 0 Å². The second-order valence-corrected chi connectivity index (χ2v) is 6.49. The van der Waals surface area contributed by atoms with Crippen LogP contribution in [-0.2, 0) is 16.0 Å². The smallest absolute Gasteiger partial charge is 0.312 e. The molecule has 0 aromatic heterocycles. The Balaban J connectivity index is 2.33. The first-order valence-electron chi connectivity index (χ1n) is 7.94. The minimum atomic E-state index is -2.17. The van der Waals surface area contributed by atoms with Gasteiger partial charge in [-0.15, -0.1) is 0 Å². The predicted molar refractivity (Wildman–Crippen MR) is 81.1 cm³/mol. The molecule has 1 aliphatic rings. The normalized spacial score (nSPS) is 21.7. The third-order valence-electron chi connectivity index (χ3n) is 4.83. The summed E-state index contributed by atoms with van der Waals surface area (Å²) in [5, 5.41) is 0. The van der Waals surface area contributed by atoms with E-state index >= 15 is 0 Å². The fourth-order valence-electron chi connectivity index (χ4n) is 3.41. The molecule has 0 aliphatic heterocycles. The van der Waals surface area contributed by atoms with Crippen molar-refractivity contribution in [2.75, 3.05) is 7.11 Å². The van der Waals surface area contributed by atoms with Crippen molar-refractivity contribution in [1.82, 2.24) is 0 Å². The lowest BCUT2D eigenvalue weighted by Gasteiger charge is -2.32. The summed E-state index contributed by atoms with van der Waals surface area (Å²) in [6.07, 6.45) is 2.64. The highest BCUT2D eigenvalue weighted by Crippen LogP contribution is 2.37. The average Bonchev–Trinajstić information content (AvgIpc) is 2.60. The van der Waals surface area contributed by atoms with Gasteiger partial charge in [0.05, 0.1) is 13.0 Å². The molecule has 0 saturated carbocycles. The van der Waals surface area contributed by atoms with Crippen molar-refractivity contribution in [3.63, 3.8) is 0 Å². The van der Waals surface area contributed by atoms with Crippen LogP contribution in [0.5, 0.6) is 0 Å². The summed E-state index contributed by atoms with van der Waals surface area (Å²) >= 11 is 0. The minimum absolute atomic E-state index is 0.314. The van der Waals surface area contributed by atoms with Crippen molar-refractivity contribution in [3.05, 3.63) is 46.3 Å². The van der Waals surface area contributed by atoms with Crippen LogP contribution in [0.4, 0.5) is 22.0 Å². The zero-order chi connectivity index (χ0) is 18.9. The molecule has 0 N–H and O–H groups in total. The van der Waals surface area contributed by atoms with Crippen LogP contribution in [0.2, 0.25) is 0 Å². The van der Waals surface area contributed by atoms with Crippen molar-refractivity contribution in [1.29, 1.82) is 0 Å². The number of ether oxygens (including phenoxy) is 1. The van der Waals surface area contributed by atoms with Gasteiger partial charge >= 0.3 is 5.97 Å². The highest BCUT2D eigenvalue weighted by Gasteiger charge is 2.35. The molecule has 2 nitrogen and oxygen atoms in total. The number of carbonyl (C=O) groups excluding carboxylic acids is 1. The summed E-state index contributed by atoms with van der Waals surface area (Å²) in [7, 11) is 1.24. The first-order chi connectivity index (χ1) is 11.7. The number of rotatable bonds is 4. The van der Waals surface area contributed by atoms with Gasteiger partial charge in [-0.25, -0.2) is 22.0 Å². The number of benzene rings is 1. The van der Waals surface area contributed by atoms with Crippen molar-refractivity contribution in [2.24, 2.45) is 17.8 Å². The molecular formula is C18H19F5O2. The molecule has 138 valence electrons. The molecule has 2 rings (SSSR count). The highest BCUT2D eigenvalue weighted by atomic mass is 19.2. The molecule has 1 aliphatic carbocycles. The Bertz CT molecular complexity index is 685. The van der Waals surface area contributed by atoms with Crippen LogP contribution in [0.15, 0.2) is 11.6 Å². The van der Waals surface area contributed by atoms with Crippen molar-refractivity contribution < 1.29 is 31.5 Å². The van der Waals surface area contributed by atoms with Gasteiger partial charge in [0.1, 0.15) is 0 Å². The van der Waals surface area contributed by atoms with E-state index in [2.05, 4.69) is 0 Å². The Morgan fingerprint density at radius 2 is 1.64 bits per heavy atom. The summed E-state index contributed by atoms with van der Waals surface area (Å²) < 4.78 is 72.4. The van der Waals surface area contributed by atoms with Gasteiger partial charge in [-0.3, -0.25) is 4.79 Å². The summed E-state index contributed by atoms with van der Waals surface area (Å²) in [5.41, 5.74) is 0.147. The van der Waals surface area contributed by atoms with E-state index in [1.54, 1.807) is 13.0 Å². The second-order valence-electron chi connectivity index (χ2n) is 6.49. The molecular weight excluding hydrogens is 343 g/mol. The molecule has 0 radical (unpaired) electrons. The molecule has 0 unspecified atom stereocenters. The molecule has 0 heterocycles. The van der Waals surface area contributed by atoms with Crippen LogP contribution < -0.4 is 0 Å². The maximum absolute atomic E-state index is 13.9. The van der Waals surface area contributed by atoms with Gasteiger partial charge < -0.3 is 4.74 Å². The third-order valence-corrected chi connectivity index (χ3v) is 4.83. The Labute approximate surface area is 142 Å².